The Hall–Kier alpha value is -1.82. The van der Waals surface area contributed by atoms with Gasteiger partial charge >= 0.3 is 0 Å². The zero-order chi connectivity index (χ0) is 16.3. The van der Waals surface area contributed by atoms with Crippen LogP contribution >= 0.6 is 11.5 Å². The average molecular weight is 335 g/mol. The molecule has 2 N–H and O–H groups in total. The van der Waals surface area contributed by atoms with Crippen molar-refractivity contribution in [1.82, 2.24) is 5.10 Å². The Labute approximate surface area is 139 Å². The molecule has 0 atom stereocenters. The van der Waals surface area contributed by atoms with Crippen LogP contribution in [0, 0.1) is 10.3 Å². The quantitative estimate of drug-likeness (QED) is 0.820. The average Bonchev–Trinajstić information content (AvgIpc) is 2.85. The van der Waals surface area contributed by atoms with E-state index in [9.17, 15) is 10.0 Å². The molecule has 2 aromatic rings. The molecule has 1 aliphatic carbocycles. The first-order chi connectivity index (χ1) is 11.0. The number of benzene rings is 1. The van der Waals surface area contributed by atoms with Crippen LogP contribution in [0.3, 0.4) is 0 Å². The Morgan fingerprint density at radius 2 is 1.96 bits per heavy atom. The lowest BCUT2D eigenvalue weighted by Gasteiger charge is -2.33. The summed E-state index contributed by atoms with van der Waals surface area (Å²) in [5, 5.41) is 11.9. The van der Waals surface area contributed by atoms with E-state index in [-0.39, 0.29) is 5.88 Å². The van der Waals surface area contributed by atoms with Crippen LogP contribution < -0.4 is 8.67 Å². The molecule has 6 heteroatoms. The van der Waals surface area contributed by atoms with E-state index in [1.54, 1.807) is 0 Å². The van der Waals surface area contributed by atoms with Gasteiger partial charge in [0.15, 0.2) is 0 Å². The first kappa shape index (κ1) is 16.1. The molecular weight excluding hydrogens is 312 g/mol. The number of H-pyrrole nitrogens is 1. The molecule has 0 bridgehead atoms. The predicted molar refractivity (Wildman–Crippen MR) is 89.6 cm³/mol. The highest BCUT2D eigenvalue weighted by atomic mass is 32.1. The van der Waals surface area contributed by atoms with Crippen molar-refractivity contribution in [2.45, 2.75) is 45.4 Å². The maximum Gasteiger partial charge on any atom is 0.267 e. The minimum absolute atomic E-state index is 0.0597. The third-order valence-electron chi connectivity index (χ3n) is 4.59. The van der Waals surface area contributed by atoms with Gasteiger partial charge in [-0.15, -0.1) is 0 Å². The highest BCUT2D eigenvalue weighted by Crippen LogP contribution is 2.36. The van der Waals surface area contributed by atoms with Gasteiger partial charge in [0.05, 0.1) is 11.5 Å². The van der Waals surface area contributed by atoms with Crippen molar-refractivity contribution in [2.75, 3.05) is 6.61 Å². The molecule has 5 nitrogen and oxygen atoms in total. The number of hydrogen-bond acceptors (Lipinski definition) is 4. The number of rotatable bonds is 5. The van der Waals surface area contributed by atoms with Crippen molar-refractivity contribution in [3.63, 3.8) is 0 Å². The Bertz CT molecular complexity index is 699. The number of aromatic hydroxyl groups is 1. The van der Waals surface area contributed by atoms with E-state index < -0.39 is 0 Å². The molecule has 0 saturated heterocycles. The molecule has 3 rings (SSSR count). The van der Waals surface area contributed by atoms with Crippen LogP contribution in [0.4, 0.5) is 0 Å². The van der Waals surface area contributed by atoms with Crippen molar-refractivity contribution in [1.29, 1.82) is 0 Å². The van der Waals surface area contributed by atoms with Gasteiger partial charge in [0.2, 0.25) is 15.5 Å². The van der Waals surface area contributed by atoms with Crippen LogP contribution in [0.2, 0.25) is 0 Å². The van der Waals surface area contributed by atoms with Crippen molar-refractivity contribution >= 4 is 11.5 Å². The molecular formula is C17H23N2O3S+. The van der Waals surface area contributed by atoms with E-state index >= 15 is 0 Å². The summed E-state index contributed by atoms with van der Waals surface area (Å²) in [6, 6.07) is 7.88. The molecule has 23 heavy (non-hydrogen) atoms. The lowest BCUT2D eigenvalue weighted by Crippen LogP contribution is -2.27. The number of hydrogen-bond donors (Lipinski definition) is 2. The van der Waals surface area contributed by atoms with Gasteiger partial charge in [-0.2, -0.15) is 0 Å². The zero-order valence-corrected chi connectivity index (χ0v) is 14.2. The largest absolute Gasteiger partial charge is 0.493 e. The Morgan fingerprint density at radius 3 is 2.57 bits per heavy atom. The summed E-state index contributed by atoms with van der Waals surface area (Å²) in [5.74, 6) is 0.817. The standard InChI is InChI=1S/C17H22N2O3S/c1-17(9-3-2-4-10-17)12-22-14-7-5-13(6-8-14)11-15-16(20)18-19(21)23-15/h5-8H,2-4,9-12H2,1H3,(H-,18,20,21)/p+1. The van der Waals surface area contributed by atoms with E-state index in [2.05, 4.69) is 12.0 Å². The Balaban J connectivity index is 1.58. The fraction of sp³-hybridized carbons (Fsp3) is 0.529. The molecule has 1 heterocycles. The molecule has 0 amide bonds. The molecule has 1 fully saturated rings. The summed E-state index contributed by atoms with van der Waals surface area (Å²) < 4.78 is 6.52. The van der Waals surface area contributed by atoms with Crippen molar-refractivity contribution in [3.8, 4) is 11.6 Å². The smallest absolute Gasteiger partial charge is 0.267 e. The third-order valence-corrected chi connectivity index (χ3v) is 5.41. The van der Waals surface area contributed by atoms with Gasteiger partial charge in [-0.05, 0) is 30.5 Å². The normalized spacial score (nSPS) is 17.1. The summed E-state index contributed by atoms with van der Waals surface area (Å²) in [6.45, 7) is 3.08. The summed E-state index contributed by atoms with van der Waals surface area (Å²) >= 11 is 0.966. The molecule has 1 saturated carbocycles. The fourth-order valence-electron chi connectivity index (χ4n) is 3.13. The summed E-state index contributed by atoms with van der Waals surface area (Å²) in [4.78, 5) is 11.7. The molecule has 0 aliphatic heterocycles. The maximum absolute atomic E-state index is 11.1. The maximum atomic E-state index is 11.1. The number of aromatic nitrogens is 2. The Kier molecular flexibility index (Phi) is 4.71. The minimum atomic E-state index is -0.0597. The van der Waals surface area contributed by atoms with Gasteiger partial charge < -0.3 is 9.84 Å². The van der Waals surface area contributed by atoms with Crippen LogP contribution in [0.15, 0.2) is 24.3 Å². The van der Waals surface area contributed by atoms with E-state index in [1.807, 2.05) is 24.3 Å². The lowest BCUT2D eigenvalue weighted by molar-refractivity contribution is -0.489. The minimum Gasteiger partial charge on any atom is -0.493 e. The predicted octanol–water partition coefficient (Wildman–Crippen LogP) is 3.64. The molecule has 0 spiro atoms. The van der Waals surface area contributed by atoms with Crippen molar-refractivity contribution in [2.24, 2.45) is 5.41 Å². The highest BCUT2D eigenvalue weighted by Gasteiger charge is 2.27. The number of nitrogens with one attached hydrogen (secondary N) is 1. The highest BCUT2D eigenvalue weighted by molar-refractivity contribution is 7.01. The van der Waals surface area contributed by atoms with E-state index in [0.717, 1.165) is 29.5 Å². The monoisotopic (exact) mass is 335 g/mol. The number of ether oxygens (including phenoxy) is 1. The molecule has 1 aromatic carbocycles. The first-order valence-corrected chi connectivity index (χ1v) is 8.87. The fourth-order valence-corrected chi connectivity index (χ4v) is 3.82. The molecule has 124 valence electrons. The molecule has 1 aromatic heterocycles. The second-order valence-electron chi connectivity index (χ2n) is 6.71. The van der Waals surface area contributed by atoms with Crippen LogP contribution in [-0.2, 0) is 6.42 Å². The van der Waals surface area contributed by atoms with E-state index in [0.29, 0.717) is 20.6 Å². The van der Waals surface area contributed by atoms with Crippen LogP contribution in [0.5, 0.6) is 11.6 Å². The van der Waals surface area contributed by atoms with Gasteiger partial charge in [-0.3, -0.25) is 0 Å². The van der Waals surface area contributed by atoms with Gasteiger partial charge in [0.1, 0.15) is 10.6 Å². The van der Waals surface area contributed by atoms with Crippen molar-refractivity contribution in [3.05, 3.63) is 39.6 Å². The van der Waals surface area contributed by atoms with E-state index in [4.69, 9.17) is 4.74 Å². The summed E-state index contributed by atoms with van der Waals surface area (Å²) in [6.07, 6.45) is 6.98. The second-order valence-corrected chi connectivity index (χ2v) is 7.72. The topological polar surface area (TPSA) is 68.2 Å². The van der Waals surface area contributed by atoms with Crippen LogP contribution in [-0.4, -0.2) is 16.8 Å². The van der Waals surface area contributed by atoms with Gasteiger partial charge in [-0.1, -0.05) is 43.4 Å². The lowest BCUT2D eigenvalue weighted by atomic mass is 9.76. The zero-order valence-electron chi connectivity index (χ0n) is 13.4. The third kappa shape index (κ3) is 4.13. The van der Waals surface area contributed by atoms with Gasteiger partial charge in [0.25, 0.3) is 5.88 Å². The molecule has 1 aliphatic rings. The first-order valence-electron chi connectivity index (χ1n) is 8.10. The van der Waals surface area contributed by atoms with Crippen LogP contribution in [0.25, 0.3) is 0 Å². The number of nitrogens with zero attached hydrogens (tertiary/aromatic N) is 1. The van der Waals surface area contributed by atoms with E-state index in [1.165, 1.54) is 32.1 Å². The van der Waals surface area contributed by atoms with Crippen molar-refractivity contribution < 1.29 is 13.8 Å². The Morgan fingerprint density at radius 1 is 1.26 bits per heavy atom. The van der Waals surface area contributed by atoms with Gasteiger partial charge in [0, 0.05) is 11.8 Å². The summed E-state index contributed by atoms with van der Waals surface area (Å²) in [7, 11) is 0. The van der Waals surface area contributed by atoms with Gasteiger partial charge in [-0.25, -0.2) is 0 Å². The number of aromatic amines is 1. The molecule has 0 radical (unpaired) electrons. The van der Waals surface area contributed by atoms with Crippen LogP contribution in [0.1, 0.15) is 49.5 Å². The summed E-state index contributed by atoms with van der Waals surface area (Å²) in [5.41, 5.74) is 1.34. The second kappa shape index (κ2) is 6.74. The SMILES string of the molecule is CC1(COc2ccc(Cc3s[n+](=O)[nH]c3O)cc2)CCCCC1. The molecule has 0 unspecified atom stereocenters.